The standard InChI is InChI=1S/C26H23ClO2/c1-29-25(28)24-18(11-8-14-22(24)27)17-10-7-13-21-23(17)19-9-3-4-12-20(19)26(21)15-5-2-6-16-26/h3-4,7-14H,2,5-6,15-16H2,1H3. The molecule has 146 valence electrons. The quantitative estimate of drug-likeness (QED) is 0.430. The van der Waals surface area contributed by atoms with Gasteiger partial charge in [-0.15, -0.1) is 0 Å². The van der Waals surface area contributed by atoms with Crippen molar-refractivity contribution in [1.82, 2.24) is 0 Å². The summed E-state index contributed by atoms with van der Waals surface area (Å²) in [6.07, 6.45) is 6.17. The Balaban J connectivity index is 1.82. The molecule has 2 nitrogen and oxygen atoms in total. The molecule has 1 spiro atoms. The number of carbonyl (C=O) groups excluding carboxylic acids is 1. The summed E-state index contributed by atoms with van der Waals surface area (Å²) in [5.74, 6) is -0.401. The smallest absolute Gasteiger partial charge is 0.340 e. The van der Waals surface area contributed by atoms with Crippen molar-refractivity contribution in [2.45, 2.75) is 37.5 Å². The molecule has 0 saturated heterocycles. The molecular weight excluding hydrogens is 380 g/mol. The van der Waals surface area contributed by atoms with E-state index in [9.17, 15) is 4.79 Å². The summed E-state index contributed by atoms with van der Waals surface area (Å²) in [5, 5.41) is 0.422. The first-order chi connectivity index (χ1) is 14.2. The van der Waals surface area contributed by atoms with Crippen LogP contribution in [0.25, 0.3) is 22.3 Å². The van der Waals surface area contributed by atoms with Crippen LogP contribution in [0.5, 0.6) is 0 Å². The van der Waals surface area contributed by atoms with Crippen LogP contribution in [0.4, 0.5) is 0 Å². The summed E-state index contributed by atoms with van der Waals surface area (Å²) in [7, 11) is 1.40. The summed E-state index contributed by atoms with van der Waals surface area (Å²) in [6, 6.07) is 20.9. The Morgan fingerprint density at radius 1 is 0.828 bits per heavy atom. The van der Waals surface area contributed by atoms with E-state index in [2.05, 4.69) is 42.5 Å². The fraction of sp³-hybridized carbons (Fsp3) is 0.269. The minimum Gasteiger partial charge on any atom is -0.465 e. The molecule has 0 N–H and O–H groups in total. The molecule has 0 radical (unpaired) electrons. The zero-order valence-electron chi connectivity index (χ0n) is 16.5. The summed E-state index contributed by atoms with van der Waals surface area (Å²) in [5.41, 5.74) is 7.78. The Labute approximate surface area is 176 Å². The largest absolute Gasteiger partial charge is 0.465 e. The van der Waals surface area contributed by atoms with Gasteiger partial charge in [-0.3, -0.25) is 0 Å². The maximum atomic E-state index is 12.6. The first-order valence-electron chi connectivity index (χ1n) is 10.3. The lowest BCUT2D eigenvalue weighted by Gasteiger charge is -2.36. The van der Waals surface area contributed by atoms with E-state index >= 15 is 0 Å². The van der Waals surface area contributed by atoms with Crippen LogP contribution in [0, 0.1) is 0 Å². The van der Waals surface area contributed by atoms with E-state index in [4.69, 9.17) is 16.3 Å². The first kappa shape index (κ1) is 18.4. The number of halogens is 1. The van der Waals surface area contributed by atoms with Gasteiger partial charge in [-0.1, -0.05) is 85.5 Å². The van der Waals surface area contributed by atoms with Crippen molar-refractivity contribution in [2.75, 3.05) is 7.11 Å². The number of fused-ring (bicyclic) bond motifs is 5. The lowest BCUT2D eigenvalue weighted by atomic mass is 9.67. The fourth-order valence-corrected chi connectivity index (χ4v) is 5.73. The van der Waals surface area contributed by atoms with Gasteiger partial charge in [0.2, 0.25) is 0 Å². The highest BCUT2D eigenvalue weighted by Crippen LogP contribution is 2.58. The molecule has 0 heterocycles. The summed E-state index contributed by atoms with van der Waals surface area (Å²) < 4.78 is 5.05. The predicted molar refractivity (Wildman–Crippen MR) is 118 cm³/mol. The average molecular weight is 403 g/mol. The van der Waals surface area contributed by atoms with Gasteiger partial charge in [-0.25, -0.2) is 4.79 Å². The van der Waals surface area contributed by atoms with Gasteiger partial charge in [0.05, 0.1) is 17.7 Å². The number of benzene rings is 3. The lowest BCUT2D eigenvalue weighted by Crippen LogP contribution is -2.27. The maximum absolute atomic E-state index is 12.6. The Morgan fingerprint density at radius 3 is 2.28 bits per heavy atom. The van der Waals surface area contributed by atoms with Crippen molar-refractivity contribution < 1.29 is 9.53 Å². The molecule has 0 aromatic heterocycles. The van der Waals surface area contributed by atoms with E-state index in [0.717, 1.165) is 11.1 Å². The molecule has 3 heteroatoms. The second-order valence-electron chi connectivity index (χ2n) is 8.07. The maximum Gasteiger partial charge on any atom is 0.340 e. The summed E-state index contributed by atoms with van der Waals surface area (Å²) >= 11 is 6.45. The van der Waals surface area contributed by atoms with Gasteiger partial charge in [0.15, 0.2) is 0 Å². The van der Waals surface area contributed by atoms with Crippen molar-refractivity contribution in [2.24, 2.45) is 0 Å². The topological polar surface area (TPSA) is 26.3 Å². The number of hydrogen-bond donors (Lipinski definition) is 0. The van der Waals surface area contributed by atoms with E-state index in [0.29, 0.717) is 10.6 Å². The Kier molecular flexibility index (Phi) is 4.48. The van der Waals surface area contributed by atoms with Crippen LogP contribution in [0.3, 0.4) is 0 Å². The molecule has 0 unspecified atom stereocenters. The second kappa shape index (κ2) is 7.03. The Bertz CT molecular complexity index is 1110. The highest BCUT2D eigenvalue weighted by Gasteiger charge is 2.44. The molecule has 3 aromatic carbocycles. The number of esters is 1. The molecular formula is C26H23ClO2. The van der Waals surface area contributed by atoms with Crippen LogP contribution in [-0.4, -0.2) is 13.1 Å². The number of methoxy groups -OCH3 is 1. The summed E-state index contributed by atoms with van der Waals surface area (Å²) in [6.45, 7) is 0. The number of rotatable bonds is 2. The van der Waals surface area contributed by atoms with Crippen LogP contribution in [-0.2, 0) is 10.2 Å². The zero-order chi connectivity index (χ0) is 20.0. The zero-order valence-corrected chi connectivity index (χ0v) is 17.3. The SMILES string of the molecule is COC(=O)c1c(Cl)cccc1-c1cccc2c1-c1ccccc1C21CCCCC1. The molecule has 0 amide bonds. The second-order valence-corrected chi connectivity index (χ2v) is 8.48. The first-order valence-corrected chi connectivity index (χ1v) is 10.7. The summed E-state index contributed by atoms with van der Waals surface area (Å²) in [4.78, 5) is 12.6. The Hall–Kier alpha value is -2.58. The monoisotopic (exact) mass is 402 g/mol. The van der Waals surface area contributed by atoms with E-state index in [1.54, 1.807) is 6.07 Å². The molecule has 2 aliphatic carbocycles. The molecule has 2 aliphatic rings. The highest BCUT2D eigenvalue weighted by molar-refractivity contribution is 6.34. The van der Waals surface area contributed by atoms with Gasteiger partial charge in [0, 0.05) is 5.41 Å². The molecule has 1 fully saturated rings. The molecule has 1 saturated carbocycles. The lowest BCUT2D eigenvalue weighted by molar-refractivity contribution is 0.0602. The predicted octanol–water partition coefficient (Wildman–Crippen LogP) is 7.02. The molecule has 29 heavy (non-hydrogen) atoms. The van der Waals surface area contributed by atoms with Crippen molar-refractivity contribution >= 4 is 17.6 Å². The van der Waals surface area contributed by atoms with E-state index in [1.165, 1.54) is 61.5 Å². The van der Waals surface area contributed by atoms with Crippen LogP contribution in [0.2, 0.25) is 5.02 Å². The third kappa shape index (κ3) is 2.66. The van der Waals surface area contributed by atoms with Crippen molar-refractivity contribution in [3.8, 4) is 22.3 Å². The molecule has 0 bridgehead atoms. The van der Waals surface area contributed by atoms with Crippen LogP contribution >= 0.6 is 11.6 Å². The van der Waals surface area contributed by atoms with Crippen molar-refractivity contribution in [3.05, 3.63) is 82.4 Å². The normalized spacial score (nSPS) is 16.3. The Morgan fingerprint density at radius 2 is 1.48 bits per heavy atom. The average Bonchev–Trinajstić information content (AvgIpc) is 3.04. The number of carbonyl (C=O) groups is 1. The molecule has 0 atom stereocenters. The number of ether oxygens (including phenoxy) is 1. The van der Waals surface area contributed by atoms with Gasteiger partial charge >= 0.3 is 5.97 Å². The van der Waals surface area contributed by atoms with E-state index in [1.807, 2.05) is 12.1 Å². The minimum atomic E-state index is -0.401. The van der Waals surface area contributed by atoms with Crippen molar-refractivity contribution in [3.63, 3.8) is 0 Å². The van der Waals surface area contributed by atoms with Crippen LogP contribution < -0.4 is 0 Å². The van der Waals surface area contributed by atoms with Gasteiger partial charge in [-0.05, 0) is 52.3 Å². The van der Waals surface area contributed by atoms with E-state index < -0.39 is 5.97 Å². The van der Waals surface area contributed by atoms with Crippen LogP contribution in [0.1, 0.15) is 53.6 Å². The molecule has 5 rings (SSSR count). The van der Waals surface area contributed by atoms with Gasteiger partial charge < -0.3 is 4.74 Å². The third-order valence-corrected chi connectivity index (χ3v) is 7.01. The minimum absolute atomic E-state index is 0.0875. The number of hydrogen-bond acceptors (Lipinski definition) is 2. The van der Waals surface area contributed by atoms with Gasteiger partial charge in [-0.2, -0.15) is 0 Å². The van der Waals surface area contributed by atoms with Crippen LogP contribution in [0.15, 0.2) is 60.7 Å². The third-order valence-electron chi connectivity index (χ3n) is 6.69. The van der Waals surface area contributed by atoms with Crippen molar-refractivity contribution in [1.29, 1.82) is 0 Å². The fourth-order valence-electron chi connectivity index (χ4n) is 5.48. The molecule has 0 aliphatic heterocycles. The highest BCUT2D eigenvalue weighted by atomic mass is 35.5. The molecule has 3 aromatic rings. The van der Waals surface area contributed by atoms with Gasteiger partial charge in [0.25, 0.3) is 0 Å². The van der Waals surface area contributed by atoms with E-state index in [-0.39, 0.29) is 5.41 Å². The van der Waals surface area contributed by atoms with Gasteiger partial charge in [0.1, 0.15) is 0 Å².